The molecule has 0 spiro atoms. The van der Waals surface area contributed by atoms with Crippen LogP contribution in [0.3, 0.4) is 0 Å². The van der Waals surface area contributed by atoms with E-state index >= 15 is 0 Å². The third kappa shape index (κ3) is 4.30. The van der Waals surface area contributed by atoms with Crippen LogP contribution in [0.4, 0.5) is 0 Å². The predicted octanol–water partition coefficient (Wildman–Crippen LogP) is 1.37. The van der Waals surface area contributed by atoms with Gasteiger partial charge in [0.1, 0.15) is 5.82 Å². The van der Waals surface area contributed by atoms with Crippen LogP contribution in [0.15, 0.2) is 12.4 Å². The Morgan fingerprint density at radius 1 is 1.41 bits per heavy atom. The highest BCUT2D eigenvalue weighted by molar-refractivity contribution is 4.94. The van der Waals surface area contributed by atoms with Crippen LogP contribution < -0.4 is 0 Å². The maximum absolute atomic E-state index is 9.20. The van der Waals surface area contributed by atoms with E-state index in [1.165, 1.54) is 0 Å². The molecule has 0 aromatic carbocycles. The summed E-state index contributed by atoms with van der Waals surface area (Å²) in [6, 6.07) is 4.91. The minimum Gasteiger partial charge on any atom is -0.337 e. The molecule has 1 aliphatic rings. The van der Waals surface area contributed by atoms with Gasteiger partial charge < -0.3 is 4.57 Å². The molecule has 1 aromatic heterocycles. The van der Waals surface area contributed by atoms with Gasteiger partial charge in [-0.1, -0.05) is 0 Å². The summed E-state index contributed by atoms with van der Waals surface area (Å²) >= 11 is 0. The normalized spacial score (nSPS) is 21.2. The number of piperazine rings is 1. The van der Waals surface area contributed by atoms with Crippen LogP contribution >= 0.6 is 0 Å². The zero-order chi connectivity index (χ0) is 15.9. The van der Waals surface area contributed by atoms with E-state index in [1.54, 1.807) is 0 Å². The second-order valence-electron chi connectivity index (χ2n) is 6.06. The Bertz CT molecular complexity index is 552. The molecule has 22 heavy (non-hydrogen) atoms. The van der Waals surface area contributed by atoms with Crippen LogP contribution in [0, 0.1) is 28.6 Å². The molecule has 0 unspecified atom stereocenters. The molecule has 1 fully saturated rings. The third-order valence-electron chi connectivity index (χ3n) is 4.38. The van der Waals surface area contributed by atoms with Gasteiger partial charge in [-0.2, -0.15) is 10.5 Å². The molecule has 6 heteroatoms. The molecule has 6 nitrogen and oxygen atoms in total. The molecule has 1 saturated heterocycles. The lowest BCUT2D eigenvalue weighted by atomic mass is 10.0. The highest BCUT2D eigenvalue weighted by Gasteiger charge is 2.26. The molecule has 2 atom stereocenters. The Kier molecular flexibility index (Phi) is 5.94. The molecule has 0 amide bonds. The topological polar surface area (TPSA) is 71.9 Å². The summed E-state index contributed by atoms with van der Waals surface area (Å²) in [6.07, 6.45) is 4.95. The number of hydrogen-bond acceptors (Lipinski definition) is 5. The van der Waals surface area contributed by atoms with Crippen molar-refractivity contribution in [2.24, 2.45) is 13.0 Å². The van der Waals surface area contributed by atoms with Crippen LogP contribution in [0.2, 0.25) is 0 Å². The van der Waals surface area contributed by atoms with Crippen LogP contribution in [0.25, 0.3) is 0 Å². The summed E-state index contributed by atoms with van der Waals surface area (Å²) in [5, 5.41) is 17.8. The van der Waals surface area contributed by atoms with E-state index in [-0.39, 0.29) is 5.92 Å². The van der Waals surface area contributed by atoms with Gasteiger partial charge in [0.05, 0.1) is 24.6 Å². The average Bonchev–Trinajstić information content (AvgIpc) is 2.91. The van der Waals surface area contributed by atoms with E-state index in [2.05, 4.69) is 38.4 Å². The molecular weight excluding hydrogens is 276 g/mol. The Hall–Kier alpha value is -1.89. The zero-order valence-corrected chi connectivity index (χ0v) is 13.4. The Morgan fingerprint density at radius 2 is 2.23 bits per heavy atom. The lowest BCUT2D eigenvalue weighted by molar-refractivity contribution is 0.0691. The quantitative estimate of drug-likeness (QED) is 0.793. The number of nitriles is 2. The van der Waals surface area contributed by atoms with Crippen LogP contribution in [0.1, 0.15) is 25.6 Å². The molecule has 0 N–H and O–H groups in total. The van der Waals surface area contributed by atoms with Crippen molar-refractivity contribution in [3.8, 4) is 12.1 Å². The van der Waals surface area contributed by atoms with Crippen molar-refractivity contribution >= 4 is 0 Å². The van der Waals surface area contributed by atoms with Gasteiger partial charge in [0.15, 0.2) is 0 Å². The van der Waals surface area contributed by atoms with Gasteiger partial charge in [0, 0.05) is 58.1 Å². The fourth-order valence-electron chi connectivity index (χ4n) is 2.95. The van der Waals surface area contributed by atoms with E-state index in [1.807, 2.05) is 19.4 Å². The van der Waals surface area contributed by atoms with Gasteiger partial charge >= 0.3 is 0 Å². The predicted molar refractivity (Wildman–Crippen MR) is 83.5 cm³/mol. The molecule has 2 heterocycles. The number of aryl methyl sites for hydroxylation is 1. The minimum absolute atomic E-state index is 0.0343. The van der Waals surface area contributed by atoms with Gasteiger partial charge in [0.25, 0.3) is 0 Å². The summed E-state index contributed by atoms with van der Waals surface area (Å²) < 4.78 is 2.06. The Labute approximate surface area is 132 Å². The number of aromatic nitrogens is 2. The van der Waals surface area contributed by atoms with Crippen molar-refractivity contribution in [2.45, 2.75) is 32.4 Å². The van der Waals surface area contributed by atoms with E-state index < -0.39 is 0 Å². The molecule has 1 aromatic rings. The van der Waals surface area contributed by atoms with E-state index in [0.717, 1.165) is 38.5 Å². The van der Waals surface area contributed by atoms with Crippen molar-refractivity contribution in [2.75, 3.05) is 26.2 Å². The van der Waals surface area contributed by atoms with Crippen LogP contribution in [0.5, 0.6) is 0 Å². The lowest BCUT2D eigenvalue weighted by Gasteiger charge is -2.40. The largest absolute Gasteiger partial charge is 0.337 e. The number of rotatable bonds is 6. The second kappa shape index (κ2) is 7.93. The van der Waals surface area contributed by atoms with Gasteiger partial charge in [0.2, 0.25) is 0 Å². The van der Waals surface area contributed by atoms with Crippen molar-refractivity contribution in [1.29, 1.82) is 10.5 Å². The average molecular weight is 300 g/mol. The fourth-order valence-corrected chi connectivity index (χ4v) is 2.95. The number of hydrogen-bond donors (Lipinski definition) is 0. The van der Waals surface area contributed by atoms with E-state index in [9.17, 15) is 5.26 Å². The van der Waals surface area contributed by atoms with Crippen molar-refractivity contribution in [1.82, 2.24) is 19.4 Å². The summed E-state index contributed by atoms with van der Waals surface area (Å²) in [6.45, 7) is 6.80. The molecule has 0 saturated carbocycles. The van der Waals surface area contributed by atoms with Gasteiger partial charge in [-0.05, 0) is 13.3 Å². The molecule has 1 aliphatic heterocycles. The third-order valence-corrected chi connectivity index (χ3v) is 4.38. The van der Waals surface area contributed by atoms with Gasteiger partial charge in [-0.3, -0.25) is 9.80 Å². The zero-order valence-electron chi connectivity index (χ0n) is 13.4. The van der Waals surface area contributed by atoms with Crippen molar-refractivity contribution in [3.63, 3.8) is 0 Å². The van der Waals surface area contributed by atoms with Gasteiger partial charge in [-0.25, -0.2) is 4.98 Å². The summed E-state index contributed by atoms with van der Waals surface area (Å²) in [7, 11) is 2.02. The lowest BCUT2D eigenvalue weighted by Crippen LogP contribution is -2.52. The maximum Gasteiger partial charge on any atom is 0.122 e. The SMILES string of the molecule is C[C@H]1CN(C[C@@H](C#N)CCC#N)CCN1Cc1nccn1C. The number of nitrogens with zero attached hydrogens (tertiary/aromatic N) is 6. The molecule has 0 radical (unpaired) electrons. The summed E-state index contributed by atoms with van der Waals surface area (Å²) in [5.74, 6) is 1.05. The summed E-state index contributed by atoms with van der Waals surface area (Å²) in [5.41, 5.74) is 0. The highest BCUT2D eigenvalue weighted by Crippen LogP contribution is 2.15. The highest BCUT2D eigenvalue weighted by atomic mass is 15.3. The first-order valence-electron chi connectivity index (χ1n) is 7.83. The Balaban J connectivity index is 1.83. The molecule has 0 aliphatic carbocycles. The first-order chi connectivity index (χ1) is 10.6. The minimum atomic E-state index is -0.0343. The first-order valence-corrected chi connectivity index (χ1v) is 7.83. The molecule has 2 rings (SSSR count). The maximum atomic E-state index is 9.20. The summed E-state index contributed by atoms with van der Waals surface area (Å²) in [4.78, 5) is 9.18. The smallest absolute Gasteiger partial charge is 0.122 e. The first kappa shape index (κ1) is 16.5. The molecule has 118 valence electrons. The van der Waals surface area contributed by atoms with Gasteiger partial charge in [-0.15, -0.1) is 0 Å². The van der Waals surface area contributed by atoms with E-state index in [4.69, 9.17) is 5.26 Å². The van der Waals surface area contributed by atoms with Crippen LogP contribution in [-0.2, 0) is 13.6 Å². The van der Waals surface area contributed by atoms with Crippen molar-refractivity contribution in [3.05, 3.63) is 18.2 Å². The Morgan fingerprint density at radius 3 is 2.82 bits per heavy atom. The number of imidazole rings is 1. The molecular formula is C16H24N6. The fraction of sp³-hybridized carbons (Fsp3) is 0.688. The van der Waals surface area contributed by atoms with Crippen molar-refractivity contribution < 1.29 is 0 Å². The second-order valence-corrected chi connectivity index (χ2v) is 6.06. The monoisotopic (exact) mass is 300 g/mol. The molecule has 0 bridgehead atoms. The van der Waals surface area contributed by atoms with E-state index in [0.29, 0.717) is 18.9 Å². The van der Waals surface area contributed by atoms with Crippen LogP contribution in [-0.4, -0.2) is 51.6 Å². The standard InChI is InChI=1S/C16H24N6/c1-14-11-21(12-15(10-18)4-3-5-17)8-9-22(14)13-16-19-6-7-20(16)2/h6-7,14-15H,3-4,8-9,11-13H2,1-2H3/t14-,15+/m0/s1.